The number of benzene rings is 2. The summed E-state index contributed by atoms with van der Waals surface area (Å²) >= 11 is 0. The molecule has 0 unspecified atom stereocenters. The number of halogens is 1. The minimum Gasteiger partial charge on any atom is -0.491 e. The maximum absolute atomic E-state index is 13.3. The fraction of sp³-hybridized carbons (Fsp3) is 0.592. The zero-order valence-corrected chi connectivity index (χ0v) is 41.6. The highest BCUT2D eigenvalue weighted by atomic mass is 35.5. The van der Waals surface area contributed by atoms with E-state index in [4.69, 9.17) is 29.4 Å². The van der Waals surface area contributed by atoms with Gasteiger partial charge in [-0.05, 0) is 62.8 Å². The van der Waals surface area contributed by atoms with Gasteiger partial charge < -0.3 is 64.8 Å². The standard InChI is InChI=1S/C25H37NO7.C12H16N2O2.C12H20O5.ClH/c1-15(2)26-17-9-7-8-10-20(17)33-14-16(24(26)31)13-19(28)23(32-6)22(30)21(29)18(27)11-12-25(3,4)5;1-8(2)14-10-5-3-4-6-11(10)16-7-9(13)12(14)15;1-12(2,3)6-5-7(13)9-8(14)10(16-4)11(15)17-9;/h7-12,15-16,18,21-23,27,29-30H,13-14H2,1-6H3;3-6,8-9H,7,13H2,1-2H3;5-10,13-14H,1-4H3;1H/b12-11+;;6-5+;/t16-,18+,21-,22+,23-;9-;7-,8-,9+,10-;/m001./s1. The minimum atomic E-state index is -1.68. The third-order valence-corrected chi connectivity index (χ3v) is 10.6. The van der Waals surface area contributed by atoms with Gasteiger partial charge in [-0.15, -0.1) is 12.4 Å². The molecule has 18 heteroatoms. The second kappa shape index (κ2) is 25.8. The maximum atomic E-state index is 13.3. The Labute approximate surface area is 401 Å². The number of para-hydroxylation sites is 4. The average Bonchev–Trinajstić information content (AvgIpc) is 3.36. The van der Waals surface area contributed by atoms with Gasteiger partial charge in [0.1, 0.15) is 67.4 Å². The molecule has 0 bridgehead atoms. The molecule has 3 heterocycles. The van der Waals surface area contributed by atoms with Crippen LogP contribution in [0.15, 0.2) is 72.8 Å². The van der Waals surface area contributed by atoms with Gasteiger partial charge in [-0.1, -0.05) is 90.1 Å². The van der Waals surface area contributed by atoms with Gasteiger partial charge in [0.05, 0.1) is 17.3 Å². The number of ketones is 1. The maximum Gasteiger partial charge on any atom is 0.338 e. The van der Waals surface area contributed by atoms with Gasteiger partial charge in [0.25, 0.3) is 0 Å². The quantitative estimate of drug-likeness (QED) is 0.123. The fourth-order valence-corrected chi connectivity index (χ4v) is 7.18. The number of carbonyl (C=O) groups is 4. The van der Waals surface area contributed by atoms with Gasteiger partial charge in [0, 0.05) is 32.7 Å². The van der Waals surface area contributed by atoms with Gasteiger partial charge in [0.2, 0.25) is 11.8 Å². The Bertz CT molecular complexity index is 1980. The highest BCUT2D eigenvalue weighted by Crippen LogP contribution is 2.35. The van der Waals surface area contributed by atoms with E-state index in [1.54, 1.807) is 34.1 Å². The van der Waals surface area contributed by atoms with E-state index < -0.39 is 72.5 Å². The molecule has 3 aliphatic rings. The summed E-state index contributed by atoms with van der Waals surface area (Å²) in [5.74, 6) is -1.07. The molecule has 67 heavy (non-hydrogen) atoms. The zero-order valence-electron chi connectivity index (χ0n) is 40.8. The normalized spacial score (nSPS) is 23.2. The number of carbonyl (C=O) groups excluding carboxylic acids is 4. The van der Waals surface area contributed by atoms with Crippen molar-refractivity contribution in [3.8, 4) is 11.5 Å². The summed E-state index contributed by atoms with van der Waals surface area (Å²) < 4.78 is 26.2. The van der Waals surface area contributed by atoms with E-state index in [1.807, 2.05) is 106 Å². The van der Waals surface area contributed by atoms with Crippen molar-refractivity contribution in [3.05, 3.63) is 72.8 Å². The molecular formula is C49H74ClN3O14. The van der Waals surface area contributed by atoms with Crippen LogP contribution >= 0.6 is 12.4 Å². The number of cyclic esters (lactones) is 1. The number of amides is 2. The fourth-order valence-electron chi connectivity index (χ4n) is 7.18. The Kier molecular flexibility index (Phi) is 22.6. The van der Waals surface area contributed by atoms with Gasteiger partial charge in [-0.3, -0.25) is 14.4 Å². The van der Waals surface area contributed by atoms with Crippen LogP contribution in [0, 0.1) is 16.7 Å². The molecule has 5 rings (SSSR count). The first kappa shape index (κ1) is 58.7. The number of hydrogen-bond donors (Lipinski definition) is 6. The number of nitrogens with two attached hydrogens (primary N) is 1. The number of hydrogen-bond acceptors (Lipinski definition) is 15. The van der Waals surface area contributed by atoms with E-state index in [-0.39, 0.29) is 66.8 Å². The van der Waals surface area contributed by atoms with Crippen molar-refractivity contribution < 1.29 is 68.4 Å². The SMILES string of the molecule is CC(C)N1C(=O)[C@@H](N)COc2ccccc21.CO[C@@H](C(=O)C[C@H]1COc2ccccc2N(C(C)C)C1=O)[C@H](O)[C@@H](O)[C@H](O)/C=C/C(C)(C)C.CO[C@H]1C(=O)O[C@@H]([C@H](O)/C=C/C(C)(C)C)[C@H]1O.Cl. The molecule has 2 amide bonds. The molecule has 10 atom stereocenters. The number of methoxy groups -OCH3 is 2. The van der Waals surface area contributed by atoms with Crippen LogP contribution in [0.25, 0.3) is 0 Å². The second-order valence-corrected chi connectivity index (χ2v) is 19.3. The molecule has 1 fully saturated rings. The van der Waals surface area contributed by atoms with Crippen LogP contribution in [0.5, 0.6) is 11.5 Å². The Morgan fingerprint density at radius 2 is 1.25 bits per heavy atom. The van der Waals surface area contributed by atoms with Crippen molar-refractivity contribution in [1.82, 2.24) is 0 Å². The van der Waals surface area contributed by atoms with Crippen molar-refractivity contribution in [2.45, 2.75) is 143 Å². The second-order valence-electron chi connectivity index (χ2n) is 19.3. The molecule has 2 aromatic carbocycles. The van der Waals surface area contributed by atoms with E-state index in [0.29, 0.717) is 11.4 Å². The van der Waals surface area contributed by atoms with Crippen molar-refractivity contribution in [2.75, 3.05) is 37.2 Å². The minimum absolute atomic E-state index is 0. The van der Waals surface area contributed by atoms with Crippen molar-refractivity contribution in [1.29, 1.82) is 0 Å². The Morgan fingerprint density at radius 3 is 1.72 bits per heavy atom. The van der Waals surface area contributed by atoms with Crippen molar-refractivity contribution >= 4 is 47.3 Å². The van der Waals surface area contributed by atoms with Crippen molar-refractivity contribution in [3.63, 3.8) is 0 Å². The predicted molar refractivity (Wildman–Crippen MR) is 256 cm³/mol. The number of fused-ring (bicyclic) bond motifs is 2. The number of rotatable bonds is 13. The summed E-state index contributed by atoms with van der Waals surface area (Å²) in [5, 5.41) is 50.8. The third-order valence-electron chi connectivity index (χ3n) is 10.6. The number of Topliss-reactive ketones (excluding diaryl/α,β-unsaturated/α-hetero) is 1. The summed E-state index contributed by atoms with van der Waals surface area (Å²) in [4.78, 5) is 53.0. The number of aliphatic hydroxyl groups excluding tert-OH is 5. The van der Waals surface area contributed by atoms with E-state index in [9.17, 15) is 44.7 Å². The van der Waals surface area contributed by atoms with Crippen LogP contribution in [0.1, 0.15) is 75.7 Å². The molecule has 17 nitrogen and oxygen atoms in total. The van der Waals surface area contributed by atoms with Crippen LogP contribution in [0.3, 0.4) is 0 Å². The summed E-state index contributed by atoms with van der Waals surface area (Å²) in [6.45, 7) is 19.6. The van der Waals surface area contributed by atoms with Crippen LogP contribution in [-0.4, -0.2) is 143 Å². The molecule has 376 valence electrons. The number of nitrogens with zero attached hydrogens (tertiary/aromatic N) is 2. The lowest BCUT2D eigenvalue weighted by Crippen LogP contribution is -2.49. The van der Waals surface area contributed by atoms with E-state index in [0.717, 1.165) is 11.4 Å². The molecule has 0 aromatic heterocycles. The Morgan fingerprint density at radius 1 is 0.776 bits per heavy atom. The number of allylic oxidation sites excluding steroid dienone is 2. The van der Waals surface area contributed by atoms with Gasteiger partial charge in [0.15, 0.2) is 18.0 Å². The topological polar surface area (TPSA) is 248 Å². The van der Waals surface area contributed by atoms with Crippen LogP contribution < -0.4 is 25.0 Å². The molecule has 3 aliphatic heterocycles. The first-order valence-corrected chi connectivity index (χ1v) is 22.2. The number of aliphatic hydroxyl groups is 5. The Hall–Kier alpha value is -4.43. The van der Waals surface area contributed by atoms with E-state index >= 15 is 0 Å². The highest BCUT2D eigenvalue weighted by molar-refractivity contribution is 6.01. The zero-order chi connectivity index (χ0) is 49.8. The Balaban J connectivity index is 0.000000379. The summed E-state index contributed by atoms with van der Waals surface area (Å²) in [6.07, 6.45) is -4.12. The van der Waals surface area contributed by atoms with Crippen LogP contribution in [0.2, 0.25) is 0 Å². The number of ether oxygens (including phenoxy) is 5. The lowest BCUT2D eigenvalue weighted by Gasteiger charge is -2.30. The van der Waals surface area contributed by atoms with E-state index in [1.165, 1.54) is 26.4 Å². The molecule has 7 N–H and O–H groups in total. The summed E-state index contributed by atoms with van der Waals surface area (Å²) in [5.41, 5.74) is 6.89. The monoisotopic (exact) mass is 963 g/mol. The first-order valence-electron chi connectivity index (χ1n) is 22.2. The predicted octanol–water partition coefficient (Wildman–Crippen LogP) is 3.92. The number of esters is 1. The van der Waals surface area contributed by atoms with Gasteiger partial charge in [-0.25, -0.2) is 4.79 Å². The van der Waals surface area contributed by atoms with Crippen LogP contribution in [-0.2, 0) is 33.4 Å². The van der Waals surface area contributed by atoms with E-state index in [2.05, 4.69) is 0 Å². The third kappa shape index (κ3) is 16.4. The molecule has 0 saturated carbocycles. The molecular weight excluding hydrogens is 890 g/mol. The first-order chi connectivity index (χ1) is 30.7. The lowest BCUT2D eigenvalue weighted by atomic mass is 9.91. The average molecular weight is 965 g/mol. The van der Waals surface area contributed by atoms with Gasteiger partial charge >= 0.3 is 5.97 Å². The largest absolute Gasteiger partial charge is 0.491 e. The summed E-state index contributed by atoms with van der Waals surface area (Å²) in [7, 11) is 2.55. The molecule has 0 radical (unpaired) electrons. The summed E-state index contributed by atoms with van der Waals surface area (Å²) in [6, 6.07) is 14.0. The lowest BCUT2D eigenvalue weighted by molar-refractivity contribution is -0.150. The van der Waals surface area contributed by atoms with Gasteiger partial charge in [-0.2, -0.15) is 0 Å². The smallest absolute Gasteiger partial charge is 0.338 e. The number of anilines is 2. The molecule has 1 saturated heterocycles. The van der Waals surface area contributed by atoms with Crippen molar-refractivity contribution in [2.24, 2.45) is 22.5 Å². The molecule has 0 aliphatic carbocycles. The molecule has 0 spiro atoms. The van der Waals surface area contributed by atoms with Crippen LogP contribution in [0.4, 0.5) is 11.4 Å². The highest BCUT2D eigenvalue weighted by Gasteiger charge is 2.47. The molecule has 2 aromatic rings.